The molecule has 7 nitrogen and oxygen atoms in total. The summed E-state index contributed by atoms with van der Waals surface area (Å²) in [6.45, 7) is 5.45. The van der Waals surface area contributed by atoms with E-state index < -0.39 is 29.7 Å². The van der Waals surface area contributed by atoms with E-state index in [1.165, 1.54) is 6.08 Å². The Labute approximate surface area is 135 Å². The highest BCUT2D eigenvalue weighted by atomic mass is 16.5. The molecule has 0 radical (unpaired) electrons. The molecule has 23 heavy (non-hydrogen) atoms. The third-order valence-corrected chi connectivity index (χ3v) is 3.35. The highest BCUT2D eigenvalue weighted by Crippen LogP contribution is 2.30. The molecule has 128 valence electrons. The van der Waals surface area contributed by atoms with Crippen molar-refractivity contribution < 1.29 is 33.4 Å². The maximum Gasteiger partial charge on any atom is 0.334 e. The van der Waals surface area contributed by atoms with Crippen molar-refractivity contribution in [1.29, 1.82) is 0 Å². The molecule has 0 N–H and O–H groups in total. The summed E-state index contributed by atoms with van der Waals surface area (Å²) in [4.78, 5) is 47.7. The number of Topliss-reactive ketones (excluding diaryl/α,β-unsaturated/α-hetero) is 1. The van der Waals surface area contributed by atoms with Gasteiger partial charge in [-0.05, 0) is 20.8 Å². The number of hydrogen-bond donors (Lipinski definition) is 0. The van der Waals surface area contributed by atoms with Crippen LogP contribution < -0.4 is 0 Å². The second-order valence-corrected chi connectivity index (χ2v) is 4.95. The summed E-state index contributed by atoms with van der Waals surface area (Å²) in [6.07, 6.45) is 1.04. The zero-order chi connectivity index (χ0) is 17.4. The Morgan fingerprint density at radius 1 is 1.04 bits per heavy atom. The third-order valence-electron chi connectivity index (χ3n) is 3.35. The van der Waals surface area contributed by atoms with E-state index in [2.05, 4.69) is 0 Å². The molecule has 0 heterocycles. The van der Waals surface area contributed by atoms with Crippen LogP contribution in [0.3, 0.4) is 0 Å². The van der Waals surface area contributed by atoms with Crippen LogP contribution in [0, 0.1) is 11.8 Å². The number of ketones is 1. The van der Waals surface area contributed by atoms with Crippen molar-refractivity contribution in [2.75, 3.05) is 19.8 Å². The van der Waals surface area contributed by atoms with Crippen LogP contribution in [0.15, 0.2) is 11.6 Å². The van der Waals surface area contributed by atoms with Crippen LogP contribution in [0.1, 0.15) is 33.6 Å². The van der Waals surface area contributed by atoms with Gasteiger partial charge < -0.3 is 14.2 Å². The van der Waals surface area contributed by atoms with Gasteiger partial charge in [0, 0.05) is 17.9 Å². The maximum absolute atomic E-state index is 12.1. The van der Waals surface area contributed by atoms with Crippen molar-refractivity contribution in [2.45, 2.75) is 33.6 Å². The Morgan fingerprint density at radius 2 is 1.65 bits per heavy atom. The first-order valence-electron chi connectivity index (χ1n) is 7.68. The zero-order valence-electron chi connectivity index (χ0n) is 13.6. The van der Waals surface area contributed by atoms with Gasteiger partial charge in [0.2, 0.25) is 0 Å². The van der Waals surface area contributed by atoms with E-state index in [0.29, 0.717) is 0 Å². The molecule has 0 unspecified atom stereocenters. The van der Waals surface area contributed by atoms with Gasteiger partial charge in [-0.25, -0.2) is 4.79 Å². The topological polar surface area (TPSA) is 96.0 Å². The monoisotopic (exact) mass is 326 g/mol. The SMILES string of the molecule is CCOC(=O)C[C@H]1CC(=O)[C@H](C(=O)OCC)C=C1C(=O)OCC. The molecule has 0 aliphatic heterocycles. The van der Waals surface area contributed by atoms with Crippen molar-refractivity contribution in [3.63, 3.8) is 0 Å². The quantitative estimate of drug-likeness (QED) is 0.394. The molecule has 0 fully saturated rings. The Morgan fingerprint density at radius 3 is 2.22 bits per heavy atom. The molecule has 2 atom stereocenters. The molecule has 1 rings (SSSR count). The summed E-state index contributed by atoms with van der Waals surface area (Å²) < 4.78 is 14.7. The molecule has 7 heteroatoms. The number of carbonyl (C=O) groups excluding carboxylic acids is 4. The minimum atomic E-state index is -1.13. The highest BCUT2D eigenvalue weighted by Gasteiger charge is 2.38. The molecule has 1 aliphatic carbocycles. The minimum absolute atomic E-state index is 0.104. The van der Waals surface area contributed by atoms with Crippen LogP contribution in [0.5, 0.6) is 0 Å². The summed E-state index contributed by atoms with van der Waals surface area (Å²) >= 11 is 0. The molecule has 0 amide bonds. The minimum Gasteiger partial charge on any atom is -0.466 e. The molecule has 0 saturated carbocycles. The standard InChI is InChI=1S/C16H22O7/c1-4-21-14(18)8-10-7-13(17)12(16(20)23-6-3)9-11(10)15(19)22-5-2/h9-10,12H,4-8H2,1-3H3/t10-,12-/m1/s1. The Bertz CT molecular complexity index is 507. The lowest BCUT2D eigenvalue weighted by molar-refractivity contribution is -0.150. The fraction of sp³-hybridized carbons (Fsp3) is 0.625. The summed E-state index contributed by atoms with van der Waals surface area (Å²) in [5, 5.41) is 0. The summed E-state index contributed by atoms with van der Waals surface area (Å²) in [5.41, 5.74) is 0.151. The largest absolute Gasteiger partial charge is 0.466 e. The summed E-state index contributed by atoms with van der Waals surface area (Å²) in [6, 6.07) is 0. The smallest absolute Gasteiger partial charge is 0.334 e. The van der Waals surface area contributed by atoms with Gasteiger partial charge in [0.1, 0.15) is 5.92 Å². The average molecular weight is 326 g/mol. The molecule has 0 aromatic rings. The van der Waals surface area contributed by atoms with E-state index >= 15 is 0 Å². The van der Waals surface area contributed by atoms with Gasteiger partial charge in [-0.1, -0.05) is 6.08 Å². The van der Waals surface area contributed by atoms with Crippen molar-refractivity contribution in [3.05, 3.63) is 11.6 Å². The van der Waals surface area contributed by atoms with Crippen LogP contribution in [0.25, 0.3) is 0 Å². The number of esters is 3. The lowest BCUT2D eigenvalue weighted by atomic mass is 9.79. The molecular weight excluding hydrogens is 304 g/mol. The van der Waals surface area contributed by atoms with Crippen molar-refractivity contribution >= 4 is 23.7 Å². The molecular formula is C16H22O7. The Balaban J connectivity index is 3.04. The number of ether oxygens (including phenoxy) is 3. The predicted molar refractivity (Wildman–Crippen MR) is 79.2 cm³/mol. The lowest BCUT2D eigenvalue weighted by Crippen LogP contribution is -2.34. The second-order valence-electron chi connectivity index (χ2n) is 4.95. The van der Waals surface area contributed by atoms with Gasteiger partial charge in [0.15, 0.2) is 5.78 Å². The number of hydrogen-bond acceptors (Lipinski definition) is 7. The van der Waals surface area contributed by atoms with Crippen LogP contribution >= 0.6 is 0 Å². The van der Waals surface area contributed by atoms with Gasteiger partial charge in [-0.15, -0.1) is 0 Å². The second kappa shape index (κ2) is 9.07. The van der Waals surface area contributed by atoms with E-state index in [1.807, 2.05) is 0 Å². The van der Waals surface area contributed by atoms with Crippen molar-refractivity contribution in [2.24, 2.45) is 11.8 Å². The van der Waals surface area contributed by atoms with Gasteiger partial charge in [0.05, 0.1) is 26.2 Å². The maximum atomic E-state index is 12.1. The first kappa shape index (κ1) is 18.9. The van der Waals surface area contributed by atoms with Crippen molar-refractivity contribution in [1.82, 2.24) is 0 Å². The molecule has 1 aliphatic rings. The van der Waals surface area contributed by atoms with Gasteiger partial charge >= 0.3 is 17.9 Å². The number of rotatable bonds is 7. The summed E-state index contributed by atoms with van der Waals surface area (Å²) in [5.74, 6) is -4.00. The average Bonchev–Trinajstić information content (AvgIpc) is 2.47. The molecule has 0 bridgehead atoms. The fourth-order valence-corrected chi connectivity index (χ4v) is 2.37. The van der Waals surface area contributed by atoms with Crippen LogP contribution in [-0.2, 0) is 33.4 Å². The lowest BCUT2D eigenvalue weighted by Gasteiger charge is -2.25. The first-order chi connectivity index (χ1) is 10.9. The Kier molecular flexibility index (Phi) is 7.44. The normalized spacial score (nSPS) is 20.5. The zero-order valence-corrected chi connectivity index (χ0v) is 13.6. The van der Waals surface area contributed by atoms with Crippen LogP contribution in [0.2, 0.25) is 0 Å². The molecule has 0 spiro atoms. The molecule has 0 aromatic carbocycles. The van der Waals surface area contributed by atoms with Crippen molar-refractivity contribution in [3.8, 4) is 0 Å². The molecule has 0 aromatic heterocycles. The molecule has 0 saturated heterocycles. The third kappa shape index (κ3) is 5.19. The van der Waals surface area contributed by atoms with Crippen LogP contribution in [0.4, 0.5) is 0 Å². The van der Waals surface area contributed by atoms with E-state index in [4.69, 9.17) is 14.2 Å². The Hall–Kier alpha value is -2.18. The number of carbonyl (C=O) groups is 4. The van der Waals surface area contributed by atoms with Crippen LogP contribution in [-0.4, -0.2) is 43.5 Å². The first-order valence-corrected chi connectivity index (χ1v) is 7.68. The summed E-state index contributed by atoms with van der Waals surface area (Å²) in [7, 11) is 0. The highest BCUT2D eigenvalue weighted by molar-refractivity contribution is 6.05. The predicted octanol–water partition coefficient (Wildman–Crippen LogP) is 1.20. The van der Waals surface area contributed by atoms with E-state index in [0.717, 1.165) is 0 Å². The van der Waals surface area contributed by atoms with Gasteiger partial charge in [-0.2, -0.15) is 0 Å². The van der Waals surface area contributed by atoms with E-state index in [9.17, 15) is 19.2 Å². The van der Waals surface area contributed by atoms with E-state index in [1.54, 1.807) is 20.8 Å². The van der Waals surface area contributed by atoms with Gasteiger partial charge in [0.25, 0.3) is 0 Å². The van der Waals surface area contributed by atoms with E-state index in [-0.39, 0.29) is 44.0 Å². The fourth-order valence-electron chi connectivity index (χ4n) is 2.37. The van der Waals surface area contributed by atoms with Gasteiger partial charge in [-0.3, -0.25) is 14.4 Å².